The number of para-hydroxylation sites is 1. The van der Waals surface area contributed by atoms with Crippen molar-refractivity contribution in [3.05, 3.63) is 229 Å². The minimum atomic E-state index is -0.149. The molecule has 2 aliphatic carbocycles. The number of rotatable bonds is 6. The van der Waals surface area contributed by atoms with Crippen molar-refractivity contribution in [1.29, 1.82) is 0 Å². The Bertz CT molecular complexity index is 3390. The summed E-state index contributed by atoms with van der Waals surface area (Å²) in [6.45, 7) is 9.50. The Morgan fingerprint density at radius 3 is 1.61 bits per heavy atom. The Morgan fingerprint density at radius 1 is 0.339 bits per heavy atom. The maximum absolute atomic E-state index is 2.58. The summed E-state index contributed by atoms with van der Waals surface area (Å²) in [4.78, 5) is 2.46. The number of anilines is 3. The first-order chi connectivity index (χ1) is 30.3. The molecule has 9 aromatic carbocycles. The Balaban J connectivity index is 1.14. The van der Waals surface area contributed by atoms with E-state index in [4.69, 9.17) is 0 Å². The van der Waals surface area contributed by atoms with Crippen LogP contribution in [0.4, 0.5) is 17.1 Å². The molecule has 0 saturated carbocycles. The second-order valence-electron chi connectivity index (χ2n) is 18.1. The van der Waals surface area contributed by atoms with Crippen molar-refractivity contribution < 1.29 is 0 Å². The lowest BCUT2D eigenvalue weighted by molar-refractivity contribution is 0.660. The molecule has 0 N–H and O–H groups in total. The van der Waals surface area contributed by atoms with Crippen LogP contribution in [-0.4, -0.2) is 4.57 Å². The molecule has 0 aliphatic heterocycles. The molecule has 0 amide bonds. The topological polar surface area (TPSA) is 8.17 Å². The van der Waals surface area contributed by atoms with Crippen molar-refractivity contribution in [2.45, 2.75) is 38.5 Å². The van der Waals surface area contributed by atoms with Gasteiger partial charge in [-0.15, -0.1) is 0 Å². The highest BCUT2D eigenvalue weighted by molar-refractivity contribution is 6.12. The van der Waals surface area contributed by atoms with E-state index in [1.54, 1.807) is 0 Å². The Morgan fingerprint density at radius 2 is 0.855 bits per heavy atom. The molecule has 0 saturated heterocycles. The third-order valence-corrected chi connectivity index (χ3v) is 14.0. The van der Waals surface area contributed by atoms with E-state index >= 15 is 0 Å². The summed E-state index contributed by atoms with van der Waals surface area (Å²) in [6, 6.07) is 76.6. The highest BCUT2D eigenvalue weighted by Gasteiger charge is 2.39. The van der Waals surface area contributed by atoms with E-state index < -0.39 is 0 Å². The van der Waals surface area contributed by atoms with Gasteiger partial charge in [0, 0.05) is 49.8 Å². The van der Waals surface area contributed by atoms with Crippen LogP contribution in [0.5, 0.6) is 0 Å². The quantitative estimate of drug-likeness (QED) is 0.163. The van der Waals surface area contributed by atoms with Crippen molar-refractivity contribution in [1.82, 2.24) is 4.57 Å². The lowest BCUT2D eigenvalue weighted by atomic mass is 9.82. The normalized spacial score (nSPS) is 14.1. The van der Waals surface area contributed by atoms with Crippen LogP contribution in [0.25, 0.3) is 72.0 Å². The van der Waals surface area contributed by atoms with E-state index in [9.17, 15) is 0 Å². The van der Waals surface area contributed by atoms with Gasteiger partial charge in [0.25, 0.3) is 0 Å². The van der Waals surface area contributed by atoms with Crippen LogP contribution in [0.15, 0.2) is 206 Å². The van der Waals surface area contributed by atoms with Crippen molar-refractivity contribution in [3.8, 4) is 50.2 Å². The summed E-state index contributed by atoms with van der Waals surface area (Å²) in [5.74, 6) is 0. The van der Waals surface area contributed by atoms with E-state index in [1.165, 1.54) is 94.3 Å². The molecular weight excluding hydrogens is 749 g/mol. The summed E-state index contributed by atoms with van der Waals surface area (Å²) in [5.41, 5.74) is 22.3. The van der Waals surface area contributed by atoms with Crippen LogP contribution in [-0.2, 0) is 10.8 Å². The SMILES string of the molecule is CC1(C)c2ccccc2-c2ccc(N(c3ccc(-c4ccccc4)cc3)c3ccc4c5ccccc5n(-c5c(-c6ccccc6)ccc6c5-c5ccccc5C6(C)C)c4c3)cc21. The molecule has 2 nitrogen and oxygen atoms in total. The maximum atomic E-state index is 2.58. The number of hydrogen-bond donors (Lipinski definition) is 0. The molecule has 62 heavy (non-hydrogen) atoms. The molecule has 12 rings (SSSR count). The minimum Gasteiger partial charge on any atom is -0.310 e. The molecule has 1 heterocycles. The summed E-state index contributed by atoms with van der Waals surface area (Å²) >= 11 is 0. The molecular formula is C60H46N2. The van der Waals surface area contributed by atoms with Gasteiger partial charge in [-0.2, -0.15) is 0 Å². The summed E-state index contributed by atoms with van der Waals surface area (Å²) in [6.07, 6.45) is 0. The lowest BCUT2D eigenvalue weighted by Gasteiger charge is -2.28. The molecule has 296 valence electrons. The fourth-order valence-corrected chi connectivity index (χ4v) is 10.9. The van der Waals surface area contributed by atoms with Gasteiger partial charge in [-0.25, -0.2) is 0 Å². The van der Waals surface area contributed by atoms with E-state index in [2.05, 4.69) is 243 Å². The zero-order valence-corrected chi connectivity index (χ0v) is 35.5. The van der Waals surface area contributed by atoms with Crippen LogP contribution in [0.2, 0.25) is 0 Å². The lowest BCUT2D eigenvalue weighted by Crippen LogP contribution is -2.16. The molecule has 1 aromatic heterocycles. The van der Waals surface area contributed by atoms with Crippen LogP contribution in [0, 0.1) is 0 Å². The fourth-order valence-electron chi connectivity index (χ4n) is 10.9. The highest BCUT2D eigenvalue weighted by atomic mass is 15.1. The van der Waals surface area contributed by atoms with E-state index in [1.807, 2.05) is 0 Å². The second-order valence-corrected chi connectivity index (χ2v) is 18.1. The van der Waals surface area contributed by atoms with Gasteiger partial charge in [0.1, 0.15) is 0 Å². The van der Waals surface area contributed by atoms with Crippen molar-refractivity contribution in [2.24, 2.45) is 0 Å². The van der Waals surface area contributed by atoms with Crippen LogP contribution >= 0.6 is 0 Å². The summed E-state index contributed by atoms with van der Waals surface area (Å²) in [7, 11) is 0. The third-order valence-electron chi connectivity index (χ3n) is 14.0. The van der Waals surface area contributed by atoms with E-state index in [-0.39, 0.29) is 10.8 Å². The number of fused-ring (bicyclic) bond motifs is 9. The molecule has 2 aliphatic rings. The number of aromatic nitrogens is 1. The van der Waals surface area contributed by atoms with Gasteiger partial charge in [-0.1, -0.05) is 191 Å². The monoisotopic (exact) mass is 794 g/mol. The Labute approximate surface area is 364 Å². The van der Waals surface area contributed by atoms with Gasteiger partial charge in [-0.3, -0.25) is 0 Å². The maximum Gasteiger partial charge on any atom is 0.0622 e. The van der Waals surface area contributed by atoms with Crippen LogP contribution in [0.3, 0.4) is 0 Å². The molecule has 0 fully saturated rings. The summed E-state index contributed by atoms with van der Waals surface area (Å²) in [5, 5.41) is 2.48. The number of nitrogens with zero attached hydrogens (tertiary/aromatic N) is 2. The van der Waals surface area contributed by atoms with Crippen LogP contribution in [0.1, 0.15) is 49.9 Å². The zero-order chi connectivity index (χ0) is 41.7. The summed E-state index contributed by atoms with van der Waals surface area (Å²) < 4.78 is 2.58. The van der Waals surface area contributed by atoms with E-state index in [0.29, 0.717) is 0 Å². The molecule has 0 atom stereocenters. The second kappa shape index (κ2) is 13.5. The minimum absolute atomic E-state index is 0.132. The first-order valence-corrected chi connectivity index (χ1v) is 21.9. The molecule has 0 bridgehead atoms. The standard InChI is InChI=1S/C60H46N2/c1-59(2)52-25-15-12-23-50(52)57-53(59)36-35-45(41-19-9-6-10-20-41)58(57)62-55-26-16-13-22-48(55)49-34-32-44(38-56(49)62)61(42-29-27-40(28-30-42)39-17-7-5-8-18-39)43-31-33-47-46-21-11-14-24-51(46)60(3,4)54(47)37-43/h5-38H,1-4H3. The number of benzene rings is 9. The molecule has 2 heteroatoms. The van der Waals surface area contributed by atoms with Gasteiger partial charge < -0.3 is 9.47 Å². The van der Waals surface area contributed by atoms with Crippen molar-refractivity contribution in [3.63, 3.8) is 0 Å². The van der Waals surface area contributed by atoms with Gasteiger partial charge in [0.2, 0.25) is 0 Å². The van der Waals surface area contributed by atoms with Crippen LogP contribution < -0.4 is 4.90 Å². The number of hydrogen-bond acceptors (Lipinski definition) is 1. The fraction of sp³-hybridized carbons (Fsp3) is 0.100. The third kappa shape index (κ3) is 5.29. The molecule has 0 radical (unpaired) electrons. The first kappa shape index (κ1) is 36.4. The zero-order valence-electron chi connectivity index (χ0n) is 35.5. The molecule has 0 unspecified atom stereocenters. The van der Waals surface area contributed by atoms with Crippen molar-refractivity contribution in [2.75, 3.05) is 4.90 Å². The molecule has 10 aromatic rings. The predicted molar refractivity (Wildman–Crippen MR) is 261 cm³/mol. The molecule has 0 spiro atoms. The first-order valence-electron chi connectivity index (χ1n) is 21.9. The van der Waals surface area contributed by atoms with Gasteiger partial charge in [0.05, 0.1) is 16.7 Å². The van der Waals surface area contributed by atoms with Gasteiger partial charge >= 0.3 is 0 Å². The van der Waals surface area contributed by atoms with Crippen molar-refractivity contribution >= 4 is 38.9 Å². The smallest absolute Gasteiger partial charge is 0.0622 e. The van der Waals surface area contributed by atoms with E-state index in [0.717, 1.165) is 17.1 Å². The highest BCUT2D eigenvalue weighted by Crippen LogP contribution is 2.55. The van der Waals surface area contributed by atoms with Gasteiger partial charge in [-0.05, 0) is 98.1 Å². The largest absolute Gasteiger partial charge is 0.310 e. The Hall–Kier alpha value is -7.42. The Kier molecular flexibility index (Phi) is 7.96. The predicted octanol–water partition coefficient (Wildman–Crippen LogP) is 16.2. The van der Waals surface area contributed by atoms with Gasteiger partial charge in [0.15, 0.2) is 0 Å². The average molecular weight is 795 g/mol. The average Bonchev–Trinajstić information content (AvgIpc) is 3.86.